The van der Waals surface area contributed by atoms with Crippen molar-refractivity contribution in [2.75, 3.05) is 0 Å². The summed E-state index contributed by atoms with van der Waals surface area (Å²) in [4.78, 5) is 43.6. The fourth-order valence-corrected chi connectivity index (χ4v) is 0.769. The van der Waals surface area contributed by atoms with Crippen molar-refractivity contribution < 1.29 is 39.5 Å². The van der Waals surface area contributed by atoms with Crippen LogP contribution >= 0.6 is 0 Å². The molecule has 0 aromatic heterocycles. The molecule has 0 rings (SSSR count). The zero-order chi connectivity index (χ0) is 15.0. The van der Waals surface area contributed by atoms with Crippen LogP contribution in [0.3, 0.4) is 0 Å². The molecule has 106 valence electrons. The highest BCUT2D eigenvalue weighted by Crippen LogP contribution is 1.96. The van der Waals surface area contributed by atoms with E-state index in [2.05, 4.69) is 9.89 Å². The molecule has 1 atom stereocenters. The summed E-state index contributed by atoms with van der Waals surface area (Å²) in [5.74, 6) is -6.66. The Morgan fingerprint density at radius 3 is 2.11 bits per heavy atom. The van der Waals surface area contributed by atoms with Gasteiger partial charge in [-0.05, 0) is 5.16 Å². The van der Waals surface area contributed by atoms with E-state index in [0.29, 0.717) is 0 Å². The van der Waals surface area contributed by atoms with Crippen molar-refractivity contribution in [2.45, 2.75) is 12.5 Å². The molecule has 1 unspecified atom stereocenters. The third-order valence-electron chi connectivity index (χ3n) is 1.65. The maximum Gasteiger partial charge on any atom is 0.333 e. The number of carbonyl (C=O) groups is 4. The van der Waals surface area contributed by atoms with Crippen molar-refractivity contribution in [3.05, 3.63) is 0 Å². The van der Waals surface area contributed by atoms with Crippen LogP contribution in [0.15, 0.2) is 5.16 Å². The number of hydrogen-bond acceptors (Lipinski definition) is 10. The number of nitrogens with two attached hydrogens (primary N) is 1. The quantitative estimate of drug-likeness (QED) is 0.0576. The molecule has 0 aromatic rings. The van der Waals surface area contributed by atoms with Gasteiger partial charge in [-0.1, -0.05) is 0 Å². The maximum absolute atomic E-state index is 11.2. The summed E-state index contributed by atoms with van der Waals surface area (Å²) in [7, 11) is 0. The van der Waals surface area contributed by atoms with Gasteiger partial charge in [0.05, 0.1) is 0 Å². The predicted octanol–water partition coefficient (Wildman–Crippen LogP) is -3.39. The van der Waals surface area contributed by atoms with Gasteiger partial charge in [0.15, 0.2) is 0 Å². The third kappa shape index (κ3) is 5.07. The van der Waals surface area contributed by atoms with E-state index < -0.39 is 41.9 Å². The molecule has 0 bridgehead atoms. The smallest absolute Gasteiger partial charge is 0.333 e. The number of nitrogens with zero attached hydrogens (tertiary/aromatic N) is 1. The lowest BCUT2D eigenvalue weighted by molar-refractivity contribution is -0.145. The molecular formula is C7H10N4O8. The van der Waals surface area contributed by atoms with E-state index in [9.17, 15) is 19.2 Å². The van der Waals surface area contributed by atoms with Gasteiger partial charge in [0.25, 0.3) is 0 Å². The summed E-state index contributed by atoms with van der Waals surface area (Å²) in [5.41, 5.74) is 7.22. The molecule has 0 aliphatic carbocycles. The predicted molar refractivity (Wildman–Crippen MR) is 52.8 cm³/mol. The second kappa shape index (κ2) is 7.70. The Bertz CT molecular complexity index is 419. The minimum absolute atomic E-state index is 0.829. The molecule has 0 aliphatic heterocycles. The number of esters is 1. The highest BCUT2D eigenvalue weighted by atomic mass is 16.6. The lowest BCUT2D eigenvalue weighted by Gasteiger charge is -2.09. The fraction of sp³-hybridized carbons (Fsp3) is 0.286. The van der Waals surface area contributed by atoms with E-state index in [4.69, 9.17) is 21.4 Å². The standard InChI is InChI=1S/C7H10N4O8/c8-2(1-3(12)4(13)9-16)7(15)19-6(11-18)5(14)10-17/h2,16-18H,1,8H2,(H,9,13)(H,10,14)/b11-6-. The van der Waals surface area contributed by atoms with Gasteiger partial charge in [-0.15, -0.1) is 0 Å². The number of ether oxygens (including phenoxy) is 1. The average Bonchev–Trinajstić information content (AvgIpc) is 2.42. The Balaban J connectivity index is 4.54. The van der Waals surface area contributed by atoms with Gasteiger partial charge in [-0.25, -0.2) is 15.8 Å². The van der Waals surface area contributed by atoms with E-state index >= 15 is 0 Å². The molecule has 0 saturated carbocycles. The van der Waals surface area contributed by atoms with Crippen LogP contribution in [0.4, 0.5) is 0 Å². The fourth-order valence-electron chi connectivity index (χ4n) is 0.769. The summed E-state index contributed by atoms with van der Waals surface area (Å²) in [6.07, 6.45) is -0.829. The van der Waals surface area contributed by atoms with Crippen LogP contribution in [-0.2, 0) is 23.9 Å². The maximum atomic E-state index is 11.2. The van der Waals surface area contributed by atoms with Crippen molar-refractivity contribution in [3.8, 4) is 0 Å². The van der Waals surface area contributed by atoms with Crippen molar-refractivity contribution in [3.63, 3.8) is 0 Å². The number of oxime groups is 1. The first-order valence-corrected chi connectivity index (χ1v) is 4.48. The number of nitrogens with one attached hydrogen (secondary N) is 2. The number of rotatable bonds is 4. The number of Topliss-reactive ketones (excluding diaryl/α,β-unsaturated/α-hetero) is 1. The van der Waals surface area contributed by atoms with Gasteiger partial charge in [-0.2, -0.15) is 0 Å². The number of hydroxylamine groups is 2. The Morgan fingerprint density at radius 1 is 1.16 bits per heavy atom. The summed E-state index contributed by atoms with van der Waals surface area (Å²) in [5, 5.41) is 26.9. The minimum Gasteiger partial charge on any atom is -0.408 e. The Hall–Kier alpha value is -2.57. The number of amides is 2. The molecule has 0 aliphatic rings. The largest absolute Gasteiger partial charge is 0.408 e. The van der Waals surface area contributed by atoms with E-state index in [0.717, 1.165) is 11.0 Å². The summed E-state index contributed by atoms with van der Waals surface area (Å²) in [6, 6.07) is -1.66. The van der Waals surface area contributed by atoms with Crippen LogP contribution in [-0.4, -0.2) is 51.1 Å². The molecule has 0 spiro atoms. The first kappa shape index (κ1) is 16.4. The van der Waals surface area contributed by atoms with Crippen molar-refractivity contribution in [1.82, 2.24) is 11.0 Å². The molecule has 0 saturated heterocycles. The Labute approximate surface area is 104 Å². The molecule has 2 amide bonds. The Kier molecular flexibility index (Phi) is 6.66. The van der Waals surface area contributed by atoms with Gasteiger partial charge < -0.3 is 15.7 Å². The normalized spacial score (nSPS) is 12.3. The van der Waals surface area contributed by atoms with Crippen LogP contribution in [0.5, 0.6) is 0 Å². The SMILES string of the molecule is NC(CC(=O)C(=O)NO)C(=O)O/C(=N\O)C(=O)NO. The van der Waals surface area contributed by atoms with Gasteiger partial charge in [0, 0.05) is 6.42 Å². The van der Waals surface area contributed by atoms with Gasteiger partial charge in [0.1, 0.15) is 6.04 Å². The molecule has 12 heteroatoms. The van der Waals surface area contributed by atoms with Crippen LogP contribution in [0.1, 0.15) is 6.42 Å². The molecular weight excluding hydrogens is 268 g/mol. The van der Waals surface area contributed by atoms with E-state index in [1.807, 2.05) is 0 Å². The zero-order valence-electron chi connectivity index (χ0n) is 9.19. The van der Waals surface area contributed by atoms with Crippen molar-refractivity contribution in [1.29, 1.82) is 0 Å². The van der Waals surface area contributed by atoms with E-state index in [1.54, 1.807) is 0 Å². The lowest BCUT2D eigenvalue weighted by Crippen LogP contribution is -2.41. The van der Waals surface area contributed by atoms with Crippen molar-refractivity contribution >= 4 is 29.5 Å². The number of hydrogen-bond donors (Lipinski definition) is 6. The number of carbonyl (C=O) groups excluding carboxylic acids is 4. The van der Waals surface area contributed by atoms with Crippen LogP contribution in [0, 0.1) is 0 Å². The third-order valence-corrected chi connectivity index (χ3v) is 1.65. The minimum atomic E-state index is -1.66. The van der Waals surface area contributed by atoms with E-state index in [-0.39, 0.29) is 0 Å². The van der Waals surface area contributed by atoms with Gasteiger partial charge >= 0.3 is 23.7 Å². The van der Waals surface area contributed by atoms with Crippen LogP contribution in [0.25, 0.3) is 0 Å². The lowest BCUT2D eigenvalue weighted by atomic mass is 10.1. The van der Waals surface area contributed by atoms with Gasteiger partial charge in [-0.3, -0.25) is 24.8 Å². The molecule has 12 nitrogen and oxygen atoms in total. The monoisotopic (exact) mass is 278 g/mol. The number of ketones is 1. The average molecular weight is 278 g/mol. The first-order valence-electron chi connectivity index (χ1n) is 4.48. The summed E-state index contributed by atoms with van der Waals surface area (Å²) < 4.78 is 4.15. The zero-order valence-corrected chi connectivity index (χ0v) is 9.19. The van der Waals surface area contributed by atoms with Crippen LogP contribution in [0.2, 0.25) is 0 Å². The Morgan fingerprint density at radius 2 is 1.68 bits per heavy atom. The summed E-state index contributed by atoms with van der Waals surface area (Å²) in [6.45, 7) is 0. The van der Waals surface area contributed by atoms with Gasteiger partial charge in [0.2, 0.25) is 5.78 Å². The van der Waals surface area contributed by atoms with Crippen molar-refractivity contribution in [2.24, 2.45) is 10.9 Å². The van der Waals surface area contributed by atoms with Crippen LogP contribution < -0.4 is 16.7 Å². The second-order valence-corrected chi connectivity index (χ2v) is 2.94. The summed E-state index contributed by atoms with van der Waals surface area (Å²) >= 11 is 0. The molecule has 0 fully saturated rings. The molecule has 0 radical (unpaired) electrons. The topological polar surface area (TPSA) is 201 Å². The second-order valence-electron chi connectivity index (χ2n) is 2.94. The molecule has 0 heterocycles. The first-order chi connectivity index (χ1) is 8.87. The van der Waals surface area contributed by atoms with E-state index in [1.165, 1.54) is 0 Å². The molecule has 7 N–H and O–H groups in total. The highest BCUT2D eigenvalue weighted by Gasteiger charge is 2.26. The molecule has 19 heavy (non-hydrogen) atoms. The highest BCUT2D eigenvalue weighted by molar-refractivity contribution is 6.37. The molecule has 0 aromatic carbocycles.